The predicted molar refractivity (Wildman–Crippen MR) is 92.2 cm³/mol. The van der Waals surface area contributed by atoms with Crippen molar-refractivity contribution < 1.29 is 9.90 Å². The van der Waals surface area contributed by atoms with Crippen molar-refractivity contribution in [1.82, 2.24) is 10.2 Å². The zero-order chi connectivity index (χ0) is 16.2. The maximum atomic E-state index is 12.2. The number of aliphatic hydroxyl groups is 1. The topological polar surface area (TPSA) is 52.6 Å². The molecule has 1 aliphatic rings. The van der Waals surface area contributed by atoms with Gasteiger partial charge in [-0.05, 0) is 42.2 Å². The molecule has 23 heavy (non-hydrogen) atoms. The number of amides is 1. The van der Waals surface area contributed by atoms with Crippen LogP contribution in [0.1, 0.15) is 31.4 Å². The van der Waals surface area contributed by atoms with E-state index in [1.807, 2.05) is 19.1 Å². The number of likely N-dealkylation sites (tertiary alicyclic amines) is 1. The summed E-state index contributed by atoms with van der Waals surface area (Å²) in [5.74, 6) is 0.0436. The number of rotatable bonds is 4. The Kier molecular flexibility index (Phi) is 4.94. The molecular formula is C19H24N2O2. The van der Waals surface area contributed by atoms with Gasteiger partial charge in [-0.2, -0.15) is 0 Å². The Morgan fingerprint density at radius 1 is 1.22 bits per heavy atom. The zero-order valence-corrected chi connectivity index (χ0v) is 13.5. The molecule has 2 aromatic carbocycles. The Hall–Kier alpha value is -1.91. The number of hydrogen-bond donors (Lipinski definition) is 2. The van der Waals surface area contributed by atoms with Gasteiger partial charge in [0.25, 0.3) is 0 Å². The minimum Gasteiger partial charge on any atom is -0.393 e. The largest absolute Gasteiger partial charge is 0.393 e. The first-order valence-corrected chi connectivity index (χ1v) is 8.30. The maximum absolute atomic E-state index is 12.2. The highest BCUT2D eigenvalue weighted by Gasteiger charge is 2.19. The number of piperidine rings is 1. The molecule has 1 unspecified atom stereocenters. The van der Waals surface area contributed by atoms with Crippen LogP contribution in [0.5, 0.6) is 0 Å². The number of carbonyl (C=O) groups is 1. The molecule has 122 valence electrons. The van der Waals surface area contributed by atoms with Crippen LogP contribution in [0.4, 0.5) is 0 Å². The van der Waals surface area contributed by atoms with Gasteiger partial charge in [-0.15, -0.1) is 0 Å². The van der Waals surface area contributed by atoms with Gasteiger partial charge in [0.1, 0.15) is 0 Å². The van der Waals surface area contributed by atoms with Gasteiger partial charge in [-0.1, -0.05) is 36.4 Å². The summed E-state index contributed by atoms with van der Waals surface area (Å²) < 4.78 is 0. The fourth-order valence-corrected chi connectivity index (χ4v) is 3.13. The Bertz CT molecular complexity index is 678. The van der Waals surface area contributed by atoms with E-state index in [0.29, 0.717) is 6.54 Å². The van der Waals surface area contributed by atoms with Crippen molar-refractivity contribution in [3.63, 3.8) is 0 Å². The van der Waals surface area contributed by atoms with Crippen LogP contribution >= 0.6 is 0 Å². The Balaban J connectivity index is 1.58. The summed E-state index contributed by atoms with van der Waals surface area (Å²) in [6, 6.07) is 14.5. The summed E-state index contributed by atoms with van der Waals surface area (Å²) in [6.07, 6.45) is 1.31. The van der Waals surface area contributed by atoms with Gasteiger partial charge in [0.15, 0.2) is 0 Å². The third-order valence-electron chi connectivity index (χ3n) is 4.58. The van der Waals surface area contributed by atoms with Crippen LogP contribution in [-0.4, -0.2) is 41.7 Å². The lowest BCUT2D eigenvalue weighted by Gasteiger charge is -2.29. The van der Waals surface area contributed by atoms with Crippen LogP contribution in [0.3, 0.4) is 0 Å². The second-order valence-electron chi connectivity index (χ2n) is 6.40. The van der Waals surface area contributed by atoms with Gasteiger partial charge < -0.3 is 10.4 Å². The molecule has 0 aromatic heterocycles. The molecule has 0 radical (unpaired) electrons. The highest BCUT2D eigenvalue weighted by molar-refractivity contribution is 5.83. The second-order valence-corrected chi connectivity index (χ2v) is 6.40. The standard InChI is InChI=1S/C19H24N2O2/c1-14(16-7-6-15-4-2-3-5-17(15)12-16)20-19(23)13-21-10-8-18(22)9-11-21/h2-7,12,14,18,22H,8-11,13H2,1H3,(H,20,23). The van der Waals surface area contributed by atoms with Crippen LogP contribution in [0.15, 0.2) is 42.5 Å². The fraction of sp³-hybridized carbons (Fsp3) is 0.421. The molecule has 1 saturated heterocycles. The minimum absolute atomic E-state index is 0.0116. The first kappa shape index (κ1) is 16.0. The van der Waals surface area contributed by atoms with Crippen molar-refractivity contribution in [2.75, 3.05) is 19.6 Å². The number of benzene rings is 2. The Morgan fingerprint density at radius 3 is 2.65 bits per heavy atom. The fourth-order valence-electron chi connectivity index (χ4n) is 3.13. The maximum Gasteiger partial charge on any atom is 0.234 e. The van der Waals surface area contributed by atoms with Gasteiger partial charge in [0.05, 0.1) is 18.7 Å². The highest BCUT2D eigenvalue weighted by atomic mass is 16.3. The summed E-state index contributed by atoms with van der Waals surface area (Å²) in [5.41, 5.74) is 1.12. The highest BCUT2D eigenvalue weighted by Crippen LogP contribution is 2.20. The molecule has 1 fully saturated rings. The summed E-state index contributed by atoms with van der Waals surface area (Å²) in [6.45, 7) is 4.00. The van der Waals surface area contributed by atoms with Crippen molar-refractivity contribution in [1.29, 1.82) is 0 Å². The first-order chi connectivity index (χ1) is 11.1. The molecule has 4 heteroatoms. The van der Waals surface area contributed by atoms with E-state index >= 15 is 0 Å². The van der Waals surface area contributed by atoms with Crippen LogP contribution in [0.25, 0.3) is 10.8 Å². The SMILES string of the molecule is CC(NC(=O)CN1CCC(O)CC1)c1ccc2ccccc2c1. The molecule has 1 amide bonds. The van der Waals surface area contributed by atoms with Gasteiger partial charge >= 0.3 is 0 Å². The van der Waals surface area contributed by atoms with E-state index in [-0.39, 0.29) is 18.1 Å². The molecule has 0 bridgehead atoms. The van der Waals surface area contributed by atoms with E-state index < -0.39 is 0 Å². The predicted octanol–water partition coefficient (Wildman–Crippen LogP) is 2.47. The average molecular weight is 312 g/mol. The van der Waals surface area contributed by atoms with E-state index in [4.69, 9.17) is 0 Å². The van der Waals surface area contributed by atoms with E-state index in [2.05, 4.69) is 40.5 Å². The zero-order valence-electron chi connectivity index (χ0n) is 13.5. The Labute approximate surface area is 137 Å². The van der Waals surface area contributed by atoms with E-state index in [1.165, 1.54) is 10.8 Å². The third-order valence-corrected chi connectivity index (χ3v) is 4.58. The van der Waals surface area contributed by atoms with Crippen LogP contribution < -0.4 is 5.32 Å². The smallest absolute Gasteiger partial charge is 0.234 e. The van der Waals surface area contributed by atoms with Crippen LogP contribution in [0, 0.1) is 0 Å². The normalized spacial score (nSPS) is 18.0. The van der Waals surface area contributed by atoms with E-state index in [0.717, 1.165) is 31.5 Å². The van der Waals surface area contributed by atoms with E-state index in [1.54, 1.807) is 0 Å². The van der Waals surface area contributed by atoms with Crippen molar-refractivity contribution >= 4 is 16.7 Å². The molecule has 0 saturated carbocycles. The molecule has 3 rings (SSSR count). The molecule has 1 aliphatic heterocycles. The molecule has 4 nitrogen and oxygen atoms in total. The monoisotopic (exact) mass is 312 g/mol. The number of aliphatic hydroxyl groups excluding tert-OH is 1. The first-order valence-electron chi connectivity index (χ1n) is 8.30. The molecule has 1 atom stereocenters. The summed E-state index contributed by atoms with van der Waals surface area (Å²) in [4.78, 5) is 14.3. The molecule has 0 spiro atoms. The summed E-state index contributed by atoms with van der Waals surface area (Å²) >= 11 is 0. The molecule has 2 aromatic rings. The summed E-state index contributed by atoms with van der Waals surface area (Å²) in [5, 5.41) is 15.0. The number of carbonyl (C=O) groups excluding carboxylic acids is 1. The molecule has 2 N–H and O–H groups in total. The second kappa shape index (κ2) is 7.11. The number of fused-ring (bicyclic) bond motifs is 1. The van der Waals surface area contributed by atoms with Gasteiger partial charge in [-0.25, -0.2) is 0 Å². The third kappa shape index (κ3) is 4.09. The molecule has 1 heterocycles. The van der Waals surface area contributed by atoms with Crippen LogP contribution in [-0.2, 0) is 4.79 Å². The Morgan fingerprint density at radius 2 is 1.91 bits per heavy atom. The van der Waals surface area contributed by atoms with Crippen molar-refractivity contribution in [3.05, 3.63) is 48.0 Å². The van der Waals surface area contributed by atoms with Gasteiger partial charge in [0, 0.05) is 13.1 Å². The molecule has 0 aliphatic carbocycles. The number of nitrogens with one attached hydrogen (secondary N) is 1. The van der Waals surface area contributed by atoms with Crippen LogP contribution in [0.2, 0.25) is 0 Å². The van der Waals surface area contributed by atoms with Crippen molar-refractivity contribution in [2.24, 2.45) is 0 Å². The van der Waals surface area contributed by atoms with Gasteiger partial charge in [-0.3, -0.25) is 9.69 Å². The van der Waals surface area contributed by atoms with E-state index in [9.17, 15) is 9.90 Å². The van der Waals surface area contributed by atoms with Gasteiger partial charge in [0.2, 0.25) is 5.91 Å². The quantitative estimate of drug-likeness (QED) is 0.912. The minimum atomic E-state index is -0.203. The lowest BCUT2D eigenvalue weighted by molar-refractivity contribution is -0.123. The van der Waals surface area contributed by atoms with Crippen molar-refractivity contribution in [2.45, 2.75) is 31.9 Å². The molecular weight excluding hydrogens is 288 g/mol. The summed E-state index contributed by atoms with van der Waals surface area (Å²) in [7, 11) is 0. The lowest BCUT2D eigenvalue weighted by Crippen LogP contribution is -2.43. The van der Waals surface area contributed by atoms with Crippen molar-refractivity contribution in [3.8, 4) is 0 Å². The lowest BCUT2D eigenvalue weighted by atomic mass is 10.0. The number of nitrogens with zero attached hydrogens (tertiary/aromatic N) is 1. The average Bonchev–Trinajstić information content (AvgIpc) is 2.56. The number of hydrogen-bond acceptors (Lipinski definition) is 3.